The fourth-order valence-corrected chi connectivity index (χ4v) is 2.14. The number of allylic oxidation sites excluding steroid dienone is 1. The van der Waals surface area contributed by atoms with Crippen molar-refractivity contribution in [3.63, 3.8) is 0 Å². The third kappa shape index (κ3) is 5.00. The highest BCUT2D eigenvalue weighted by Gasteiger charge is 2.47. The van der Waals surface area contributed by atoms with Crippen LogP contribution in [0.1, 0.15) is 32.3 Å². The predicted molar refractivity (Wildman–Crippen MR) is 89.2 cm³/mol. The highest BCUT2D eigenvalue weighted by atomic mass is 16.6. The molecule has 0 aliphatic heterocycles. The van der Waals surface area contributed by atoms with Crippen LogP contribution in [0.2, 0.25) is 0 Å². The number of ether oxygens (including phenoxy) is 2. The monoisotopic (exact) mass is 314 g/mol. The van der Waals surface area contributed by atoms with Crippen LogP contribution in [0, 0.1) is 17.8 Å². The number of carbonyl (C=O) groups excluding carboxylic acids is 2. The molecule has 122 valence electrons. The Kier molecular flexibility index (Phi) is 7.62. The first-order valence-corrected chi connectivity index (χ1v) is 7.60. The van der Waals surface area contributed by atoms with Crippen molar-refractivity contribution in [2.24, 2.45) is 5.41 Å². The minimum absolute atomic E-state index is 0.0657. The molecule has 0 heterocycles. The van der Waals surface area contributed by atoms with Crippen molar-refractivity contribution in [1.29, 1.82) is 0 Å². The van der Waals surface area contributed by atoms with E-state index in [1.54, 1.807) is 19.9 Å². The first-order valence-electron chi connectivity index (χ1n) is 7.60. The lowest BCUT2D eigenvalue weighted by atomic mass is 9.81. The van der Waals surface area contributed by atoms with Crippen LogP contribution in [0.3, 0.4) is 0 Å². The van der Waals surface area contributed by atoms with Gasteiger partial charge in [0.25, 0.3) is 0 Å². The van der Waals surface area contributed by atoms with Gasteiger partial charge in [-0.25, -0.2) is 0 Å². The molecule has 0 spiro atoms. The van der Waals surface area contributed by atoms with E-state index in [2.05, 4.69) is 5.92 Å². The lowest BCUT2D eigenvalue weighted by Gasteiger charge is -2.26. The fraction of sp³-hybridized carbons (Fsp3) is 0.368. The first kappa shape index (κ1) is 18.5. The Morgan fingerprint density at radius 1 is 1.13 bits per heavy atom. The number of benzene rings is 1. The second-order valence-electron chi connectivity index (χ2n) is 4.92. The molecule has 0 amide bonds. The molecule has 0 saturated carbocycles. The SMILES string of the molecule is C#CCC(C/C=C/c1ccccc1)(C(=O)OCC)C(=O)OCC. The third-order valence-corrected chi connectivity index (χ3v) is 3.31. The van der Waals surface area contributed by atoms with Gasteiger partial charge in [-0.2, -0.15) is 0 Å². The van der Waals surface area contributed by atoms with Crippen LogP contribution in [0.15, 0.2) is 36.4 Å². The van der Waals surface area contributed by atoms with Gasteiger partial charge in [-0.1, -0.05) is 42.5 Å². The van der Waals surface area contributed by atoms with E-state index in [1.807, 2.05) is 36.4 Å². The summed E-state index contributed by atoms with van der Waals surface area (Å²) in [7, 11) is 0. The van der Waals surface area contributed by atoms with Gasteiger partial charge in [0.15, 0.2) is 5.41 Å². The van der Waals surface area contributed by atoms with Crippen LogP contribution < -0.4 is 0 Å². The minimum Gasteiger partial charge on any atom is -0.465 e. The first-order chi connectivity index (χ1) is 11.1. The summed E-state index contributed by atoms with van der Waals surface area (Å²) in [6, 6.07) is 9.58. The summed E-state index contributed by atoms with van der Waals surface area (Å²) in [4.78, 5) is 24.7. The maximum atomic E-state index is 12.4. The van der Waals surface area contributed by atoms with Gasteiger partial charge in [0.2, 0.25) is 0 Å². The molecule has 1 rings (SSSR count). The molecule has 0 radical (unpaired) electrons. The summed E-state index contributed by atoms with van der Waals surface area (Å²) >= 11 is 0. The summed E-state index contributed by atoms with van der Waals surface area (Å²) < 4.78 is 10.1. The molecule has 1 aromatic carbocycles. The zero-order valence-corrected chi connectivity index (χ0v) is 13.6. The van der Waals surface area contributed by atoms with Gasteiger partial charge in [0.05, 0.1) is 13.2 Å². The van der Waals surface area contributed by atoms with Gasteiger partial charge < -0.3 is 9.47 Å². The molecule has 1 aromatic rings. The number of rotatable bonds is 8. The summed E-state index contributed by atoms with van der Waals surface area (Å²) in [5, 5.41) is 0. The maximum absolute atomic E-state index is 12.4. The zero-order chi connectivity index (χ0) is 17.1. The predicted octanol–water partition coefficient (Wildman–Crippen LogP) is 3.23. The standard InChI is InChI=1S/C19H22O4/c1-4-14-19(17(20)22-5-2,18(21)23-6-3)15-10-13-16-11-8-7-9-12-16/h1,7-13H,5-6,14-15H2,2-3H3/b13-10+. The van der Waals surface area contributed by atoms with E-state index in [9.17, 15) is 9.59 Å². The van der Waals surface area contributed by atoms with Crippen molar-refractivity contribution in [3.05, 3.63) is 42.0 Å². The second kappa shape index (κ2) is 9.47. The number of esters is 2. The molecule has 0 aromatic heterocycles. The van der Waals surface area contributed by atoms with Crippen LogP contribution in [0.25, 0.3) is 6.08 Å². The molecule has 23 heavy (non-hydrogen) atoms. The zero-order valence-electron chi connectivity index (χ0n) is 13.6. The average molecular weight is 314 g/mol. The van der Waals surface area contributed by atoms with Crippen molar-refractivity contribution in [2.45, 2.75) is 26.7 Å². The largest absolute Gasteiger partial charge is 0.465 e. The molecule has 0 fully saturated rings. The number of hydrogen-bond acceptors (Lipinski definition) is 4. The van der Waals surface area contributed by atoms with Gasteiger partial charge in [-0.3, -0.25) is 9.59 Å². The summed E-state index contributed by atoms with van der Waals surface area (Å²) in [5.74, 6) is 1.11. The van der Waals surface area contributed by atoms with Crippen LogP contribution in [-0.4, -0.2) is 25.2 Å². The Bertz CT molecular complexity index is 563. The molecule has 4 heteroatoms. The van der Waals surface area contributed by atoms with E-state index in [0.29, 0.717) is 0 Å². The quantitative estimate of drug-likeness (QED) is 0.420. The minimum atomic E-state index is -1.49. The number of terminal acetylenes is 1. The van der Waals surface area contributed by atoms with E-state index >= 15 is 0 Å². The van der Waals surface area contributed by atoms with E-state index in [1.165, 1.54) is 0 Å². The molecule has 0 N–H and O–H groups in total. The normalized spacial score (nSPS) is 11.0. The van der Waals surface area contributed by atoms with Crippen molar-refractivity contribution in [1.82, 2.24) is 0 Å². The summed E-state index contributed by atoms with van der Waals surface area (Å²) in [5.41, 5.74) is -0.527. The molecule has 0 unspecified atom stereocenters. The smallest absolute Gasteiger partial charge is 0.324 e. The van der Waals surface area contributed by atoms with Gasteiger partial charge >= 0.3 is 11.9 Å². The van der Waals surface area contributed by atoms with Crippen molar-refractivity contribution in [3.8, 4) is 12.3 Å². The number of carbonyl (C=O) groups is 2. The topological polar surface area (TPSA) is 52.6 Å². The molecular weight excluding hydrogens is 292 g/mol. The fourth-order valence-electron chi connectivity index (χ4n) is 2.14. The van der Waals surface area contributed by atoms with E-state index in [-0.39, 0.29) is 26.1 Å². The van der Waals surface area contributed by atoms with E-state index < -0.39 is 17.4 Å². The second-order valence-corrected chi connectivity index (χ2v) is 4.92. The Morgan fingerprint density at radius 3 is 2.17 bits per heavy atom. The van der Waals surface area contributed by atoms with Crippen LogP contribution >= 0.6 is 0 Å². The van der Waals surface area contributed by atoms with Crippen LogP contribution in [-0.2, 0) is 19.1 Å². The van der Waals surface area contributed by atoms with E-state index in [0.717, 1.165) is 5.56 Å². The van der Waals surface area contributed by atoms with Crippen LogP contribution in [0.5, 0.6) is 0 Å². The lowest BCUT2D eigenvalue weighted by Crippen LogP contribution is -2.41. The highest BCUT2D eigenvalue weighted by Crippen LogP contribution is 2.31. The molecule has 0 aliphatic rings. The Morgan fingerprint density at radius 2 is 1.70 bits per heavy atom. The summed E-state index contributed by atoms with van der Waals surface area (Å²) in [6.07, 6.45) is 9.03. The molecule has 0 bridgehead atoms. The van der Waals surface area contributed by atoms with Gasteiger partial charge in [0.1, 0.15) is 0 Å². The van der Waals surface area contributed by atoms with Gasteiger partial charge in [0, 0.05) is 6.42 Å². The lowest BCUT2D eigenvalue weighted by molar-refractivity contribution is -0.171. The van der Waals surface area contributed by atoms with Crippen molar-refractivity contribution < 1.29 is 19.1 Å². The Balaban J connectivity index is 3.05. The van der Waals surface area contributed by atoms with Gasteiger partial charge in [-0.05, 0) is 25.8 Å². The highest BCUT2D eigenvalue weighted by molar-refractivity contribution is 6.00. The number of hydrogen-bond donors (Lipinski definition) is 0. The Hall–Kier alpha value is -2.54. The Labute approximate surface area is 137 Å². The summed E-state index contributed by atoms with van der Waals surface area (Å²) in [6.45, 7) is 3.72. The molecular formula is C19H22O4. The molecule has 0 aliphatic carbocycles. The van der Waals surface area contributed by atoms with Crippen molar-refractivity contribution in [2.75, 3.05) is 13.2 Å². The third-order valence-electron chi connectivity index (χ3n) is 3.31. The van der Waals surface area contributed by atoms with Gasteiger partial charge in [-0.15, -0.1) is 12.3 Å². The van der Waals surface area contributed by atoms with Crippen molar-refractivity contribution >= 4 is 18.0 Å². The molecule has 0 atom stereocenters. The molecule has 4 nitrogen and oxygen atoms in total. The van der Waals surface area contributed by atoms with Crippen LogP contribution in [0.4, 0.5) is 0 Å². The van der Waals surface area contributed by atoms with E-state index in [4.69, 9.17) is 15.9 Å². The average Bonchev–Trinajstić information content (AvgIpc) is 2.55. The maximum Gasteiger partial charge on any atom is 0.324 e. The molecule has 0 saturated heterocycles.